The first-order valence-electron chi connectivity index (χ1n) is 18.0. The van der Waals surface area contributed by atoms with Gasteiger partial charge in [0.25, 0.3) is 21.8 Å². The molecule has 0 radical (unpaired) electrons. The molecule has 296 valence electrons. The normalized spacial score (nSPS) is 12.5. The number of halogens is 2. The first kappa shape index (κ1) is 39.1. The third-order valence-electron chi connectivity index (χ3n) is 9.23. The summed E-state index contributed by atoms with van der Waals surface area (Å²) in [4.78, 5) is 34.2. The van der Waals surface area contributed by atoms with Crippen LogP contribution in [0.5, 0.6) is 0 Å². The van der Waals surface area contributed by atoms with E-state index in [-0.39, 0.29) is 23.6 Å². The molecular formula is C39H36F2N12O4S. The van der Waals surface area contributed by atoms with Crippen LogP contribution in [0.15, 0.2) is 110 Å². The summed E-state index contributed by atoms with van der Waals surface area (Å²) in [6.07, 6.45) is 14.6. The van der Waals surface area contributed by atoms with Gasteiger partial charge in [-0.2, -0.15) is 24.5 Å². The summed E-state index contributed by atoms with van der Waals surface area (Å²) >= 11 is 0. The van der Waals surface area contributed by atoms with Crippen molar-refractivity contribution < 1.29 is 26.8 Å². The van der Waals surface area contributed by atoms with Crippen LogP contribution in [0.1, 0.15) is 70.9 Å². The fourth-order valence-electron chi connectivity index (χ4n) is 6.23. The van der Waals surface area contributed by atoms with Gasteiger partial charge in [0, 0.05) is 35.6 Å². The fourth-order valence-corrected chi connectivity index (χ4v) is 6.75. The molecule has 0 aliphatic rings. The van der Waals surface area contributed by atoms with E-state index in [0.29, 0.717) is 62.8 Å². The lowest BCUT2D eigenvalue weighted by Crippen LogP contribution is -2.29. The van der Waals surface area contributed by atoms with Gasteiger partial charge in [-0.15, -0.1) is 0 Å². The Balaban J connectivity index is 0.000000178. The van der Waals surface area contributed by atoms with Crippen molar-refractivity contribution >= 4 is 43.6 Å². The van der Waals surface area contributed by atoms with Gasteiger partial charge in [-0.05, 0) is 73.5 Å². The van der Waals surface area contributed by atoms with Crippen LogP contribution in [0, 0.1) is 11.6 Å². The third-order valence-corrected chi connectivity index (χ3v) is 10.1. The molecule has 6 heterocycles. The van der Waals surface area contributed by atoms with Gasteiger partial charge in [-0.3, -0.25) is 24.7 Å². The van der Waals surface area contributed by atoms with E-state index in [4.69, 9.17) is 0 Å². The second-order valence-corrected chi connectivity index (χ2v) is 14.9. The number of rotatable bonds is 11. The van der Waals surface area contributed by atoms with E-state index < -0.39 is 22.0 Å². The number of nitrogens with one attached hydrogen (secondary N) is 3. The van der Waals surface area contributed by atoms with Crippen molar-refractivity contribution in [1.29, 1.82) is 0 Å². The highest BCUT2D eigenvalue weighted by Crippen LogP contribution is 2.24. The number of hydrogen-bond acceptors (Lipinski definition) is 10. The number of benzene rings is 2. The van der Waals surface area contributed by atoms with E-state index in [1.807, 2.05) is 19.9 Å². The topological polar surface area (TPSA) is 200 Å². The van der Waals surface area contributed by atoms with Crippen LogP contribution >= 0.6 is 0 Å². The molecule has 2 aromatic carbocycles. The van der Waals surface area contributed by atoms with Gasteiger partial charge in [0.1, 0.15) is 11.6 Å². The third kappa shape index (κ3) is 8.19. The van der Waals surface area contributed by atoms with Gasteiger partial charge in [0.2, 0.25) is 0 Å². The maximum absolute atomic E-state index is 13.2. The van der Waals surface area contributed by atoms with Crippen molar-refractivity contribution in [2.24, 2.45) is 0 Å². The summed E-state index contributed by atoms with van der Waals surface area (Å²) in [7, 11) is -3.51. The van der Waals surface area contributed by atoms with Crippen molar-refractivity contribution in [2.45, 2.75) is 38.8 Å². The number of H-pyrrole nitrogens is 1. The molecule has 3 N–H and O–H groups in total. The van der Waals surface area contributed by atoms with E-state index in [0.717, 1.165) is 16.0 Å². The van der Waals surface area contributed by atoms with Crippen LogP contribution in [-0.4, -0.2) is 75.4 Å². The first-order chi connectivity index (χ1) is 27.9. The zero-order valence-electron chi connectivity index (χ0n) is 31.3. The monoisotopic (exact) mass is 806 g/mol. The van der Waals surface area contributed by atoms with Crippen molar-refractivity contribution in [3.63, 3.8) is 0 Å². The Hall–Kier alpha value is -7.15. The summed E-state index contributed by atoms with van der Waals surface area (Å²) in [6, 6.07) is 14.5. The van der Waals surface area contributed by atoms with Gasteiger partial charge < -0.3 is 10.6 Å². The minimum Gasteiger partial charge on any atom is -0.344 e. The Morgan fingerprint density at radius 1 is 0.707 bits per heavy atom. The molecular weight excluding hydrogens is 771 g/mol. The quantitative estimate of drug-likeness (QED) is 0.148. The molecule has 58 heavy (non-hydrogen) atoms. The van der Waals surface area contributed by atoms with Gasteiger partial charge in [-0.1, -0.05) is 13.8 Å². The van der Waals surface area contributed by atoms with E-state index >= 15 is 0 Å². The SMILES string of the molecule is CC[C@H](NC(=O)c1cncc2c1cnn2-c1ccc(F)cc1)c1ccn(S(C)(=O)=O)n1.CC[C@H](NC(=O)c1cncc2c1cnn2-c1ccc(F)cc1)c1ccn[nH]1. The van der Waals surface area contributed by atoms with Crippen molar-refractivity contribution in [3.05, 3.63) is 144 Å². The first-order valence-corrected chi connectivity index (χ1v) is 19.8. The number of aromatic amines is 1. The molecule has 8 rings (SSSR count). The second kappa shape index (κ2) is 16.5. The number of hydrogen-bond donors (Lipinski definition) is 3. The lowest BCUT2D eigenvalue weighted by Gasteiger charge is -2.15. The highest BCUT2D eigenvalue weighted by molar-refractivity contribution is 7.89. The summed E-state index contributed by atoms with van der Waals surface area (Å²) in [5, 5.41) is 26.7. The Labute approximate surface area is 330 Å². The van der Waals surface area contributed by atoms with Crippen LogP contribution < -0.4 is 10.6 Å². The molecule has 0 fully saturated rings. The minimum atomic E-state index is -3.51. The van der Waals surface area contributed by atoms with E-state index in [9.17, 15) is 26.8 Å². The van der Waals surface area contributed by atoms with E-state index in [2.05, 4.69) is 46.1 Å². The molecule has 8 aromatic rings. The Morgan fingerprint density at radius 2 is 1.21 bits per heavy atom. The molecule has 0 saturated carbocycles. The van der Waals surface area contributed by atoms with Crippen LogP contribution in [0.4, 0.5) is 8.78 Å². The summed E-state index contributed by atoms with van der Waals surface area (Å²) < 4.78 is 53.8. The van der Waals surface area contributed by atoms with Gasteiger partial charge in [-0.25, -0.2) is 26.6 Å². The van der Waals surface area contributed by atoms with Gasteiger partial charge in [0.05, 0.1) is 88.0 Å². The molecule has 6 aromatic heterocycles. The smallest absolute Gasteiger partial charge is 0.254 e. The lowest BCUT2D eigenvalue weighted by molar-refractivity contribution is 0.0927. The van der Waals surface area contributed by atoms with Crippen LogP contribution in [0.3, 0.4) is 0 Å². The Morgan fingerprint density at radius 3 is 1.64 bits per heavy atom. The standard InChI is InChI=1S/C20H19FN6O3S.C19H17FN6O/c1-3-17(18-8-9-26(25-18)31(2,29)30)24-20(28)16-10-22-12-19-15(16)11-23-27(19)14-6-4-13(21)5-7-14;1-2-16(17-7-8-22-25-17)24-19(27)15-9-21-11-18-14(15)10-23-26(18)13-5-3-12(20)4-6-13/h4-12,17H,3H2,1-2H3,(H,24,28);3-11,16H,2H2,1H3,(H,22,25)(H,24,27)/t17-;16-/m00/s1. The predicted octanol–water partition coefficient (Wildman–Crippen LogP) is 5.61. The number of carbonyl (C=O) groups is 2. The highest BCUT2D eigenvalue weighted by Gasteiger charge is 2.22. The second-order valence-electron chi connectivity index (χ2n) is 13.1. The van der Waals surface area contributed by atoms with Crippen LogP contribution in [0.25, 0.3) is 33.2 Å². The molecule has 19 heteroatoms. The molecule has 2 atom stereocenters. The number of nitrogens with zero attached hydrogens (tertiary/aromatic N) is 9. The lowest BCUT2D eigenvalue weighted by atomic mass is 10.1. The van der Waals surface area contributed by atoms with Crippen molar-refractivity contribution in [3.8, 4) is 11.4 Å². The van der Waals surface area contributed by atoms with Crippen molar-refractivity contribution in [1.82, 2.24) is 59.5 Å². The van der Waals surface area contributed by atoms with Gasteiger partial charge >= 0.3 is 0 Å². The van der Waals surface area contributed by atoms with E-state index in [1.165, 1.54) is 42.9 Å². The average Bonchev–Trinajstić information content (AvgIpc) is 4.06. The average molecular weight is 807 g/mol. The molecule has 16 nitrogen and oxygen atoms in total. The molecule has 0 unspecified atom stereocenters. The summed E-state index contributed by atoms with van der Waals surface area (Å²) in [5.41, 5.74) is 4.60. The van der Waals surface area contributed by atoms with Crippen LogP contribution in [0.2, 0.25) is 0 Å². The molecule has 0 saturated heterocycles. The number of carbonyl (C=O) groups excluding carboxylic acids is 2. The molecule has 0 aliphatic carbocycles. The molecule has 0 spiro atoms. The van der Waals surface area contributed by atoms with Crippen molar-refractivity contribution in [2.75, 3.05) is 6.26 Å². The zero-order chi connectivity index (χ0) is 41.0. The maximum atomic E-state index is 13.2. The molecule has 0 aliphatic heterocycles. The highest BCUT2D eigenvalue weighted by atomic mass is 32.2. The van der Waals surface area contributed by atoms with Gasteiger partial charge in [0.15, 0.2) is 0 Å². The molecule has 0 bridgehead atoms. The fraction of sp³-hybridized carbons (Fsp3) is 0.179. The molecule has 2 amide bonds. The minimum absolute atomic E-state index is 0.178. The maximum Gasteiger partial charge on any atom is 0.254 e. The number of amides is 2. The van der Waals surface area contributed by atoms with Crippen LogP contribution in [-0.2, 0) is 10.0 Å². The largest absolute Gasteiger partial charge is 0.344 e. The van der Waals surface area contributed by atoms with E-state index in [1.54, 1.807) is 70.7 Å². The number of pyridine rings is 2. The number of fused-ring (bicyclic) bond motifs is 2. The summed E-state index contributed by atoms with van der Waals surface area (Å²) in [6.45, 7) is 3.84. The Bertz CT molecular complexity index is 2820. The zero-order valence-corrected chi connectivity index (χ0v) is 32.1. The Kier molecular flexibility index (Phi) is 11.1. The predicted molar refractivity (Wildman–Crippen MR) is 210 cm³/mol. The summed E-state index contributed by atoms with van der Waals surface area (Å²) in [5.74, 6) is -1.31. The number of aromatic nitrogens is 10.